The molecule has 4 aromatic heterocycles. The molecular formula is C44H26N4. The number of benzene rings is 7. The van der Waals surface area contributed by atoms with Gasteiger partial charge in [-0.25, -0.2) is 9.97 Å². The van der Waals surface area contributed by atoms with Crippen molar-refractivity contribution in [3.8, 4) is 28.3 Å². The van der Waals surface area contributed by atoms with Crippen molar-refractivity contribution < 1.29 is 0 Å². The zero-order chi connectivity index (χ0) is 31.3. The largest absolute Gasteiger partial charge is 0.308 e. The van der Waals surface area contributed by atoms with Crippen LogP contribution in [0.5, 0.6) is 0 Å². The molecule has 0 saturated carbocycles. The highest BCUT2D eigenvalue weighted by Crippen LogP contribution is 2.47. The topological polar surface area (TPSA) is 35.1 Å². The van der Waals surface area contributed by atoms with Crippen molar-refractivity contribution in [2.24, 2.45) is 0 Å². The van der Waals surface area contributed by atoms with E-state index in [2.05, 4.69) is 161 Å². The molecule has 0 unspecified atom stereocenters. The Bertz CT molecular complexity index is 3040. The lowest BCUT2D eigenvalue weighted by Crippen LogP contribution is -2.03. The van der Waals surface area contributed by atoms with Gasteiger partial charge in [-0.2, -0.15) is 0 Å². The van der Waals surface area contributed by atoms with Gasteiger partial charge in [-0.15, -0.1) is 0 Å². The predicted molar refractivity (Wildman–Crippen MR) is 199 cm³/mol. The van der Waals surface area contributed by atoms with Gasteiger partial charge in [-0.3, -0.25) is 4.57 Å². The Morgan fingerprint density at radius 3 is 1.81 bits per heavy atom. The molecule has 4 heterocycles. The maximum Gasteiger partial charge on any atom is 0.235 e. The third-order valence-corrected chi connectivity index (χ3v) is 10.0. The van der Waals surface area contributed by atoms with Gasteiger partial charge in [0, 0.05) is 43.3 Å². The summed E-state index contributed by atoms with van der Waals surface area (Å²) >= 11 is 0. The summed E-state index contributed by atoms with van der Waals surface area (Å²) in [5.41, 5.74) is 11.3. The molecule has 4 heteroatoms. The highest BCUT2D eigenvalue weighted by molar-refractivity contribution is 6.35. The maximum atomic E-state index is 5.35. The number of fused-ring (bicyclic) bond motifs is 11. The van der Waals surface area contributed by atoms with Crippen LogP contribution in [-0.2, 0) is 0 Å². The standard InChI is InChI=1S/C44H26N4/c1-3-13-27(14-4-1)29-23-24-30-34-26-39-40(41-33-19-9-11-21-36(33)47(43(34)41)38(30)25-29)32-18-8-12-22-37(32)48(39)44-45-35-20-10-7-17-31(35)42(46-44)28-15-5-2-6-16-28/h1-26H. The summed E-state index contributed by atoms with van der Waals surface area (Å²) in [5, 5.41) is 8.46. The summed E-state index contributed by atoms with van der Waals surface area (Å²) in [6.07, 6.45) is 0. The molecule has 11 aromatic rings. The van der Waals surface area contributed by atoms with E-state index in [9.17, 15) is 0 Å². The van der Waals surface area contributed by atoms with Crippen molar-refractivity contribution in [2.75, 3.05) is 0 Å². The number of para-hydroxylation sites is 3. The van der Waals surface area contributed by atoms with Crippen molar-refractivity contribution in [2.45, 2.75) is 0 Å². The number of aromatic nitrogens is 4. The Labute approximate surface area is 275 Å². The minimum atomic E-state index is 0.673. The zero-order valence-corrected chi connectivity index (χ0v) is 25.8. The van der Waals surface area contributed by atoms with Crippen molar-refractivity contribution in [3.63, 3.8) is 0 Å². The number of rotatable bonds is 3. The molecule has 0 bridgehead atoms. The molecule has 0 spiro atoms. The number of nitrogens with zero attached hydrogens (tertiary/aromatic N) is 4. The second-order valence-electron chi connectivity index (χ2n) is 12.6. The molecule has 0 atom stereocenters. The van der Waals surface area contributed by atoms with Crippen molar-refractivity contribution in [1.82, 2.24) is 18.9 Å². The third kappa shape index (κ3) is 3.38. The Morgan fingerprint density at radius 2 is 1.02 bits per heavy atom. The Hall–Kier alpha value is -6.52. The number of hydrogen-bond acceptors (Lipinski definition) is 2. The lowest BCUT2D eigenvalue weighted by atomic mass is 10.0. The van der Waals surface area contributed by atoms with Gasteiger partial charge in [0.25, 0.3) is 0 Å². The molecule has 0 aliphatic carbocycles. The molecule has 7 aromatic carbocycles. The van der Waals surface area contributed by atoms with E-state index in [0.717, 1.165) is 33.2 Å². The minimum absolute atomic E-state index is 0.673. The van der Waals surface area contributed by atoms with Crippen LogP contribution >= 0.6 is 0 Å². The lowest BCUT2D eigenvalue weighted by molar-refractivity contribution is 1.01. The van der Waals surface area contributed by atoms with Crippen LogP contribution < -0.4 is 0 Å². The van der Waals surface area contributed by atoms with Gasteiger partial charge in [-0.05, 0) is 41.5 Å². The summed E-state index contributed by atoms with van der Waals surface area (Å²) in [6.45, 7) is 0. The van der Waals surface area contributed by atoms with Crippen LogP contribution in [0, 0.1) is 0 Å². The highest BCUT2D eigenvalue weighted by Gasteiger charge is 2.25. The molecule has 0 N–H and O–H groups in total. The second kappa shape index (κ2) is 9.50. The molecule has 0 aliphatic rings. The summed E-state index contributed by atoms with van der Waals surface area (Å²) in [7, 11) is 0. The Balaban J connectivity index is 1.32. The van der Waals surface area contributed by atoms with E-state index >= 15 is 0 Å². The summed E-state index contributed by atoms with van der Waals surface area (Å²) in [5.74, 6) is 0.673. The van der Waals surface area contributed by atoms with E-state index < -0.39 is 0 Å². The minimum Gasteiger partial charge on any atom is -0.308 e. The normalized spacial score (nSPS) is 12.2. The van der Waals surface area contributed by atoms with Crippen LogP contribution in [0.25, 0.3) is 99.1 Å². The van der Waals surface area contributed by atoms with Gasteiger partial charge in [0.15, 0.2) is 0 Å². The van der Waals surface area contributed by atoms with Crippen LogP contribution in [0.2, 0.25) is 0 Å². The summed E-state index contributed by atoms with van der Waals surface area (Å²) in [6, 6.07) is 56.3. The van der Waals surface area contributed by atoms with Crippen molar-refractivity contribution in [3.05, 3.63) is 158 Å². The van der Waals surface area contributed by atoms with Crippen LogP contribution in [0.1, 0.15) is 0 Å². The Kier molecular flexibility index (Phi) is 5.08. The highest BCUT2D eigenvalue weighted by atomic mass is 15.2. The summed E-state index contributed by atoms with van der Waals surface area (Å²) < 4.78 is 4.76. The van der Waals surface area contributed by atoms with Gasteiger partial charge in [-0.1, -0.05) is 127 Å². The van der Waals surface area contributed by atoms with E-state index in [1.807, 2.05) is 6.07 Å². The van der Waals surface area contributed by atoms with E-state index in [1.54, 1.807) is 0 Å². The van der Waals surface area contributed by atoms with Gasteiger partial charge >= 0.3 is 0 Å². The van der Waals surface area contributed by atoms with Crippen LogP contribution in [0.15, 0.2) is 158 Å². The van der Waals surface area contributed by atoms with Crippen LogP contribution in [-0.4, -0.2) is 18.9 Å². The van der Waals surface area contributed by atoms with E-state index in [0.29, 0.717) is 5.95 Å². The first-order chi connectivity index (χ1) is 23.8. The van der Waals surface area contributed by atoms with E-state index in [1.165, 1.54) is 60.0 Å². The smallest absolute Gasteiger partial charge is 0.235 e. The van der Waals surface area contributed by atoms with E-state index in [-0.39, 0.29) is 0 Å². The first kappa shape index (κ1) is 25.6. The second-order valence-corrected chi connectivity index (χ2v) is 12.6. The first-order valence-corrected chi connectivity index (χ1v) is 16.4. The fourth-order valence-electron chi connectivity index (χ4n) is 8.02. The molecule has 11 rings (SSSR count). The molecule has 48 heavy (non-hydrogen) atoms. The molecule has 0 aliphatic heterocycles. The third-order valence-electron chi connectivity index (χ3n) is 10.0. The van der Waals surface area contributed by atoms with Crippen molar-refractivity contribution in [1.29, 1.82) is 0 Å². The van der Waals surface area contributed by atoms with Gasteiger partial charge in [0.2, 0.25) is 5.95 Å². The molecular weight excluding hydrogens is 585 g/mol. The quantitative estimate of drug-likeness (QED) is 0.199. The fourth-order valence-corrected chi connectivity index (χ4v) is 8.02. The molecule has 0 radical (unpaired) electrons. The van der Waals surface area contributed by atoms with Gasteiger partial charge in [0.05, 0.1) is 38.8 Å². The average Bonchev–Trinajstić information content (AvgIpc) is 3.79. The molecule has 0 saturated heterocycles. The average molecular weight is 611 g/mol. The summed E-state index contributed by atoms with van der Waals surface area (Å²) in [4.78, 5) is 10.6. The molecule has 0 amide bonds. The molecule has 0 fully saturated rings. The maximum absolute atomic E-state index is 5.35. The van der Waals surface area contributed by atoms with Crippen molar-refractivity contribution >= 4 is 70.8 Å². The molecule has 4 nitrogen and oxygen atoms in total. The first-order valence-electron chi connectivity index (χ1n) is 16.4. The monoisotopic (exact) mass is 610 g/mol. The van der Waals surface area contributed by atoms with E-state index in [4.69, 9.17) is 9.97 Å². The molecule has 222 valence electrons. The van der Waals surface area contributed by atoms with Crippen LogP contribution in [0.3, 0.4) is 0 Å². The van der Waals surface area contributed by atoms with Crippen LogP contribution in [0.4, 0.5) is 0 Å². The fraction of sp³-hybridized carbons (Fsp3) is 0. The van der Waals surface area contributed by atoms with Gasteiger partial charge < -0.3 is 4.40 Å². The number of hydrogen-bond donors (Lipinski definition) is 0. The predicted octanol–water partition coefficient (Wildman–Crippen LogP) is 11.2. The van der Waals surface area contributed by atoms with Gasteiger partial charge in [0.1, 0.15) is 0 Å². The SMILES string of the molecule is c1ccc(-c2ccc3c4cc5c(c6ccccc6n5-c5nc(-c6ccccc6)c6ccccc6n5)c5c6ccccc6n(c3c2)c45)cc1. The Morgan fingerprint density at radius 1 is 0.375 bits per heavy atom. The lowest BCUT2D eigenvalue weighted by Gasteiger charge is -2.12. The zero-order valence-electron chi connectivity index (χ0n) is 25.8.